The Bertz CT molecular complexity index is 1050. The molecule has 0 spiro atoms. The van der Waals surface area contributed by atoms with Crippen LogP contribution in [0.15, 0.2) is 52.2 Å². The van der Waals surface area contributed by atoms with Crippen molar-refractivity contribution < 1.29 is 13.2 Å². The number of thiophene rings is 1. The van der Waals surface area contributed by atoms with Crippen molar-refractivity contribution >= 4 is 38.2 Å². The number of aryl methyl sites for hydroxylation is 1. The Morgan fingerprint density at radius 3 is 2.46 bits per heavy atom. The van der Waals surface area contributed by atoms with E-state index in [1.54, 1.807) is 22.4 Å². The molecular formula is C18H19N3O3S2. The van der Waals surface area contributed by atoms with Gasteiger partial charge in [-0.3, -0.25) is 4.79 Å². The average molecular weight is 390 g/mol. The van der Waals surface area contributed by atoms with E-state index in [2.05, 4.69) is 0 Å². The van der Waals surface area contributed by atoms with Crippen molar-refractivity contribution in [1.82, 2.24) is 13.8 Å². The second-order valence-electron chi connectivity index (χ2n) is 6.30. The summed E-state index contributed by atoms with van der Waals surface area (Å²) in [5.74, 6) is -0.0463. The standard InChI is InChI=1S/C18H19N3O3S2/c1-19-13-15(14-5-2-3-6-16(14)19)18(22)20-8-10-21(11-9-20)26(23,24)17-7-4-12-25-17/h2-7,12-13H,8-11H2,1H3. The number of amides is 1. The number of nitrogens with zero attached hydrogens (tertiary/aromatic N) is 3. The average Bonchev–Trinajstić information content (AvgIpc) is 3.31. The van der Waals surface area contributed by atoms with Crippen LogP contribution >= 0.6 is 11.3 Å². The first kappa shape index (κ1) is 17.3. The molecule has 1 fully saturated rings. The van der Waals surface area contributed by atoms with Crippen LogP contribution in [0, 0.1) is 0 Å². The first-order chi connectivity index (χ1) is 12.5. The maximum atomic E-state index is 13.0. The lowest BCUT2D eigenvalue weighted by Gasteiger charge is -2.33. The third-order valence-corrected chi connectivity index (χ3v) is 8.01. The number of sulfonamides is 1. The van der Waals surface area contributed by atoms with Gasteiger partial charge in [0.1, 0.15) is 4.21 Å². The number of aromatic nitrogens is 1. The minimum atomic E-state index is -3.45. The van der Waals surface area contributed by atoms with E-state index in [4.69, 9.17) is 0 Å². The molecule has 0 radical (unpaired) electrons. The molecular weight excluding hydrogens is 370 g/mol. The molecule has 0 unspecified atom stereocenters. The number of hydrogen-bond donors (Lipinski definition) is 0. The Labute approximate surface area is 156 Å². The van der Waals surface area contributed by atoms with Gasteiger partial charge in [-0.15, -0.1) is 11.3 Å². The highest BCUT2D eigenvalue weighted by atomic mass is 32.2. The summed E-state index contributed by atoms with van der Waals surface area (Å²) in [6.07, 6.45) is 1.85. The summed E-state index contributed by atoms with van der Waals surface area (Å²) in [6.45, 7) is 1.42. The van der Waals surface area contributed by atoms with Crippen LogP contribution in [0.25, 0.3) is 10.9 Å². The van der Waals surface area contributed by atoms with Crippen LogP contribution in [0.5, 0.6) is 0 Å². The molecule has 0 N–H and O–H groups in total. The largest absolute Gasteiger partial charge is 0.350 e. The Morgan fingerprint density at radius 2 is 1.77 bits per heavy atom. The normalized spacial score (nSPS) is 16.3. The molecule has 0 atom stereocenters. The fourth-order valence-electron chi connectivity index (χ4n) is 3.35. The van der Waals surface area contributed by atoms with E-state index in [-0.39, 0.29) is 5.91 Å². The molecule has 3 aromatic rings. The van der Waals surface area contributed by atoms with Gasteiger partial charge in [0, 0.05) is 50.3 Å². The van der Waals surface area contributed by atoms with E-state index < -0.39 is 10.0 Å². The number of hydrogen-bond acceptors (Lipinski definition) is 4. The minimum Gasteiger partial charge on any atom is -0.350 e. The summed E-state index contributed by atoms with van der Waals surface area (Å²) in [5, 5.41) is 2.68. The van der Waals surface area contributed by atoms with Crippen molar-refractivity contribution in [2.24, 2.45) is 7.05 Å². The number of fused-ring (bicyclic) bond motifs is 1. The van der Waals surface area contributed by atoms with E-state index in [0.717, 1.165) is 10.9 Å². The zero-order valence-electron chi connectivity index (χ0n) is 14.3. The van der Waals surface area contributed by atoms with Crippen molar-refractivity contribution in [1.29, 1.82) is 0 Å². The van der Waals surface area contributed by atoms with Crippen molar-refractivity contribution in [3.63, 3.8) is 0 Å². The molecule has 0 bridgehead atoms. The Morgan fingerprint density at radius 1 is 1.04 bits per heavy atom. The van der Waals surface area contributed by atoms with Crippen LogP contribution in [0.4, 0.5) is 0 Å². The van der Waals surface area contributed by atoms with Crippen LogP contribution in [0.1, 0.15) is 10.4 Å². The maximum Gasteiger partial charge on any atom is 0.256 e. The summed E-state index contributed by atoms with van der Waals surface area (Å²) >= 11 is 1.22. The highest BCUT2D eigenvalue weighted by Crippen LogP contribution is 2.24. The molecule has 2 aromatic heterocycles. The zero-order valence-corrected chi connectivity index (χ0v) is 16.0. The van der Waals surface area contributed by atoms with E-state index in [1.807, 2.05) is 42.1 Å². The second kappa shape index (κ2) is 6.53. The third-order valence-electron chi connectivity index (χ3n) is 4.74. The molecule has 1 aliphatic heterocycles. The van der Waals surface area contributed by atoms with Gasteiger partial charge in [-0.1, -0.05) is 24.3 Å². The summed E-state index contributed by atoms with van der Waals surface area (Å²) in [4.78, 5) is 14.7. The Kier molecular flexibility index (Phi) is 4.34. The number of piperazine rings is 1. The van der Waals surface area contributed by atoms with Gasteiger partial charge in [0.25, 0.3) is 15.9 Å². The minimum absolute atomic E-state index is 0.0463. The molecule has 0 aliphatic carbocycles. The number of rotatable bonds is 3. The molecule has 26 heavy (non-hydrogen) atoms. The lowest BCUT2D eigenvalue weighted by atomic mass is 10.1. The van der Waals surface area contributed by atoms with Crippen molar-refractivity contribution in [3.8, 4) is 0 Å². The molecule has 8 heteroatoms. The maximum absolute atomic E-state index is 13.0. The van der Waals surface area contributed by atoms with Crippen LogP contribution in [0.3, 0.4) is 0 Å². The topological polar surface area (TPSA) is 62.6 Å². The SMILES string of the molecule is Cn1cc(C(=O)N2CCN(S(=O)(=O)c3cccs3)CC2)c2ccccc21. The molecule has 1 aromatic carbocycles. The van der Waals surface area contributed by atoms with E-state index >= 15 is 0 Å². The van der Waals surface area contributed by atoms with Crippen molar-refractivity contribution in [2.45, 2.75) is 4.21 Å². The van der Waals surface area contributed by atoms with Crippen LogP contribution in [-0.4, -0.2) is 54.3 Å². The Balaban J connectivity index is 1.52. The van der Waals surface area contributed by atoms with E-state index in [0.29, 0.717) is 36.0 Å². The van der Waals surface area contributed by atoms with Crippen LogP contribution in [-0.2, 0) is 17.1 Å². The molecule has 6 nitrogen and oxygen atoms in total. The summed E-state index contributed by atoms with van der Waals surface area (Å²) < 4.78 is 29.0. The van der Waals surface area contributed by atoms with Gasteiger partial charge < -0.3 is 9.47 Å². The van der Waals surface area contributed by atoms with Gasteiger partial charge in [0.2, 0.25) is 0 Å². The van der Waals surface area contributed by atoms with Crippen LogP contribution in [0.2, 0.25) is 0 Å². The zero-order chi connectivity index (χ0) is 18.3. The molecule has 3 heterocycles. The molecule has 4 rings (SSSR count). The Hall–Kier alpha value is -2.16. The third kappa shape index (κ3) is 2.84. The predicted molar refractivity (Wildman–Crippen MR) is 102 cm³/mol. The summed E-state index contributed by atoms with van der Waals surface area (Å²) in [7, 11) is -1.53. The predicted octanol–water partition coefficient (Wildman–Crippen LogP) is 2.39. The van der Waals surface area contributed by atoms with Gasteiger partial charge >= 0.3 is 0 Å². The molecule has 0 saturated carbocycles. The lowest BCUT2D eigenvalue weighted by Crippen LogP contribution is -2.50. The summed E-state index contributed by atoms with van der Waals surface area (Å²) in [5.41, 5.74) is 1.67. The highest BCUT2D eigenvalue weighted by Gasteiger charge is 2.31. The van der Waals surface area contributed by atoms with Gasteiger partial charge in [-0.05, 0) is 17.5 Å². The quantitative estimate of drug-likeness (QED) is 0.691. The van der Waals surface area contributed by atoms with Crippen molar-refractivity contribution in [3.05, 3.63) is 53.5 Å². The molecule has 136 valence electrons. The number of benzene rings is 1. The number of para-hydroxylation sites is 1. The smallest absolute Gasteiger partial charge is 0.256 e. The molecule has 1 aliphatic rings. The number of carbonyl (C=O) groups excluding carboxylic acids is 1. The monoisotopic (exact) mass is 389 g/mol. The van der Waals surface area contributed by atoms with Gasteiger partial charge in [-0.2, -0.15) is 4.31 Å². The van der Waals surface area contributed by atoms with Crippen molar-refractivity contribution in [2.75, 3.05) is 26.2 Å². The highest BCUT2D eigenvalue weighted by molar-refractivity contribution is 7.91. The lowest BCUT2D eigenvalue weighted by molar-refractivity contribution is 0.0700. The van der Waals surface area contributed by atoms with Gasteiger partial charge in [0.05, 0.1) is 5.56 Å². The molecule has 1 amide bonds. The fourth-order valence-corrected chi connectivity index (χ4v) is 5.92. The van der Waals surface area contributed by atoms with Gasteiger partial charge in [-0.25, -0.2) is 8.42 Å². The first-order valence-electron chi connectivity index (χ1n) is 8.35. The van der Waals surface area contributed by atoms with Gasteiger partial charge in [0.15, 0.2) is 0 Å². The fraction of sp³-hybridized carbons (Fsp3) is 0.278. The van der Waals surface area contributed by atoms with E-state index in [1.165, 1.54) is 15.6 Å². The van der Waals surface area contributed by atoms with Crippen LogP contribution < -0.4 is 0 Å². The summed E-state index contributed by atoms with van der Waals surface area (Å²) in [6, 6.07) is 11.2. The second-order valence-corrected chi connectivity index (χ2v) is 9.41. The number of carbonyl (C=O) groups is 1. The first-order valence-corrected chi connectivity index (χ1v) is 10.7. The molecule has 1 saturated heterocycles. The van der Waals surface area contributed by atoms with E-state index in [9.17, 15) is 13.2 Å².